The normalized spacial score (nSPS) is 49.6. The van der Waals surface area contributed by atoms with E-state index in [2.05, 4.69) is 0 Å². The Morgan fingerprint density at radius 3 is 2.12 bits per heavy atom. The summed E-state index contributed by atoms with van der Waals surface area (Å²) >= 11 is 0. The maximum atomic E-state index is 14.2. The molecule has 14 heteroatoms. The number of hydrogen-bond donors (Lipinski definition) is 5. The number of likely N-dealkylation sites (N-methyl/N-ethyl adjacent to an activating group) is 2. The maximum absolute atomic E-state index is 14.2. The Labute approximate surface area is 312 Å². The number of hydrogen-bond acceptors (Lipinski definition) is 14. The zero-order valence-corrected chi connectivity index (χ0v) is 34.2. The Morgan fingerprint density at radius 1 is 0.942 bits per heavy atom. The van der Waals surface area contributed by atoms with E-state index in [1.54, 1.807) is 41.5 Å². The van der Waals surface area contributed by atoms with Gasteiger partial charge in [-0.3, -0.25) is 4.79 Å². The summed E-state index contributed by atoms with van der Waals surface area (Å²) in [4.78, 5) is 18.0. The highest BCUT2D eigenvalue weighted by atomic mass is 16.7. The molecule has 3 rings (SSSR count). The third kappa shape index (κ3) is 10.0. The third-order valence-corrected chi connectivity index (χ3v) is 12.2. The van der Waals surface area contributed by atoms with Crippen LogP contribution in [0.25, 0.3) is 0 Å². The molecule has 0 bridgehead atoms. The van der Waals surface area contributed by atoms with Crippen molar-refractivity contribution in [3.63, 3.8) is 0 Å². The van der Waals surface area contributed by atoms with Crippen LogP contribution in [0.15, 0.2) is 0 Å². The van der Waals surface area contributed by atoms with Gasteiger partial charge in [-0.15, -0.1) is 0 Å². The number of carbonyl (C=O) groups excluding carboxylic acids is 1. The number of aliphatic hydroxyl groups excluding tert-OH is 3. The molecule has 14 nitrogen and oxygen atoms in total. The Hall–Kier alpha value is -1.01. The van der Waals surface area contributed by atoms with Crippen molar-refractivity contribution in [2.45, 2.75) is 185 Å². The number of esters is 1. The van der Waals surface area contributed by atoms with Crippen LogP contribution in [0.3, 0.4) is 0 Å². The highest BCUT2D eigenvalue weighted by molar-refractivity contribution is 5.73. The zero-order chi connectivity index (χ0) is 39.7. The highest BCUT2D eigenvalue weighted by Gasteiger charge is 2.52. The Balaban J connectivity index is 2.17. The first-order valence-electron chi connectivity index (χ1n) is 19.1. The number of methoxy groups -OCH3 is 1. The molecule has 52 heavy (non-hydrogen) atoms. The summed E-state index contributed by atoms with van der Waals surface area (Å²) in [6.07, 6.45) is -8.19. The lowest BCUT2D eigenvalue weighted by molar-refractivity contribution is -0.318. The van der Waals surface area contributed by atoms with E-state index >= 15 is 0 Å². The molecule has 3 fully saturated rings. The lowest BCUT2D eigenvalue weighted by Gasteiger charge is -2.48. The number of rotatable bonds is 7. The summed E-state index contributed by atoms with van der Waals surface area (Å²) in [6.45, 7) is 18.0. The van der Waals surface area contributed by atoms with E-state index in [-0.39, 0.29) is 37.3 Å². The van der Waals surface area contributed by atoms with Gasteiger partial charge < -0.3 is 63.8 Å². The van der Waals surface area contributed by atoms with Crippen LogP contribution in [0.5, 0.6) is 0 Å². The second-order valence-corrected chi connectivity index (χ2v) is 17.2. The van der Waals surface area contributed by atoms with Gasteiger partial charge in [-0.2, -0.15) is 0 Å². The molecule has 3 saturated heterocycles. The van der Waals surface area contributed by atoms with E-state index in [9.17, 15) is 30.3 Å². The van der Waals surface area contributed by atoms with Crippen LogP contribution in [0.4, 0.5) is 0 Å². The number of cyclic esters (lactones) is 1. The van der Waals surface area contributed by atoms with E-state index in [4.69, 9.17) is 28.4 Å². The fraction of sp³-hybridized carbons (Fsp3) is 0.974. The topological polar surface area (TPSA) is 180 Å². The van der Waals surface area contributed by atoms with Crippen molar-refractivity contribution in [2.24, 2.45) is 17.8 Å². The molecule has 0 unspecified atom stereocenters. The quantitative estimate of drug-likeness (QED) is 0.238. The first kappa shape index (κ1) is 45.4. The van der Waals surface area contributed by atoms with Crippen molar-refractivity contribution in [2.75, 3.05) is 34.8 Å². The number of nitrogens with zero attached hydrogens (tertiary/aromatic N) is 2. The largest absolute Gasteiger partial charge is 0.459 e. The summed E-state index contributed by atoms with van der Waals surface area (Å²) in [5.74, 6) is -2.58. The monoisotopic (exact) mass is 749 g/mol. The molecule has 306 valence electrons. The van der Waals surface area contributed by atoms with E-state index in [0.717, 1.165) is 0 Å². The average Bonchev–Trinajstić information content (AvgIpc) is 3.05. The maximum Gasteiger partial charge on any atom is 0.311 e. The summed E-state index contributed by atoms with van der Waals surface area (Å²) in [5, 5.41) is 58.1. The van der Waals surface area contributed by atoms with E-state index in [0.29, 0.717) is 13.0 Å². The van der Waals surface area contributed by atoms with Gasteiger partial charge in [0.2, 0.25) is 0 Å². The fourth-order valence-corrected chi connectivity index (χ4v) is 8.74. The third-order valence-electron chi connectivity index (χ3n) is 12.2. The highest BCUT2D eigenvalue weighted by Crippen LogP contribution is 2.40. The lowest BCUT2D eigenvalue weighted by atomic mass is 9.77. The zero-order valence-electron chi connectivity index (χ0n) is 34.2. The second kappa shape index (κ2) is 17.8. The molecule has 5 N–H and O–H groups in total. The predicted octanol–water partition coefficient (Wildman–Crippen LogP) is 1.90. The van der Waals surface area contributed by atoms with Crippen molar-refractivity contribution in [1.29, 1.82) is 0 Å². The summed E-state index contributed by atoms with van der Waals surface area (Å²) in [5.41, 5.74) is -4.37. The molecule has 3 aliphatic rings. The average molecular weight is 749 g/mol. The number of ether oxygens (including phenoxy) is 6. The molecule has 0 spiro atoms. The first-order valence-corrected chi connectivity index (χ1v) is 19.1. The molecule has 18 atom stereocenters. The Bertz CT molecular complexity index is 1140. The van der Waals surface area contributed by atoms with Gasteiger partial charge in [0.15, 0.2) is 12.6 Å². The number of carbonyl (C=O) groups is 1. The van der Waals surface area contributed by atoms with Gasteiger partial charge in [-0.05, 0) is 94.8 Å². The predicted molar refractivity (Wildman–Crippen MR) is 194 cm³/mol. The Morgan fingerprint density at radius 2 is 1.56 bits per heavy atom. The van der Waals surface area contributed by atoms with Gasteiger partial charge in [0.25, 0.3) is 0 Å². The minimum Gasteiger partial charge on any atom is -0.459 e. The SMILES string of the molecule is CC[C@H]1OC(=O)[C@H](C)[C@H](O[C@@H]2C[C@](C)(OC)[C@H](O)[C@H](C)O2)[C@H](C)[C@@H](O[C@@H]2O[C@H](C)C[C@H](N(C)C)[C@@H]2O)[C@](C)(O)C[C@@H](C)CN(C)[C@H](C)[C@@H](O)[C@]1(C)O. The fourth-order valence-electron chi connectivity index (χ4n) is 8.74. The molecule has 0 radical (unpaired) electrons. The van der Waals surface area contributed by atoms with Crippen LogP contribution in [0.2, 0.25) is 0 Å². The van der Waals surface area contributed by atoms with Gasteiger partial charge in [0.1, 0.15) is 30.0 Å². The van der Waals surface area contributed by atoms with Crippen LogP contribution in [-0.2, 0) is 33.2 Å². The van der Waals surface area contributed by atoms with Crippen LogP contribution < -0.4 is 0 Å². The van der Waals surface area contributed by atoms with Crippen molar-refractivity contribution in [3.05, 3.63) is 0 Å². The summed E-state index contributed by atoms with van der Waals surface area (Å²) < 4.78 is 37.5. The van der Waals surface area contributed by atoms with Gasteiger partial charge in [-0.1, -0.05) is 20.8 Å². The first-order chi connectivity index (χ1) is 23.9. The van der Waals surface area contributed by atoms with Crippen molar-refractivity contribution in [1.82, 2.24) is 9.80 Å². The number of aliphatic hydroxyl groups is 5. The molecule has 0 saturated carbocycles. The van der Waals surface area contributed by atoms with E-state index < -0.39 is 96.0 Å². The molecular weight excluding hydrogens is 676 g/mol. The minimum absolute atomic E-state index is 0.133. The van der Waals surface area contributed by atoms with Crippen molar-refractivity contribution >= 4 is 5.97 Å². The summed E-state index contributed by atoms with van der Waals surface area (Å²) in [6, 6.07) is -0.808. The van der Waals surface area contributed by atoms with Crippen LogP contribution in [-0.4, -0.2) is 166 Å². The summed E-state index contributed by atoms with van der Waals surface area (Å²) in [7, 11) is 7.12. The molecule has 0 aromatic heterocycles. The Kier molecular flexibility index (Phi) is 15.6. The minimum atomic E-state index is -1.80. The van der Waals surface area contributed by atoms with Crippen molar-refractivity contribution < 1.29 is 58.7 Å². The molecule has 0 aromatic rings. The van der Waals surface area contributed by atoms with Gasteiger partial charge in [0, 0.05) is 38.1 Å². The standard InChI is InChI=1S/C38H72N2O12/c1-15-27-38(10,46)31(42)24(6)40(13)19-20(2)17-36(8,45)33(52-35-29(41)26(39(11)12)16-21(3)48-35)22(4)30(23(5)34(44)50-27)51-28-18-37(9,47-14)32(43)25(7)49-28/h20-33,35,41-43,45-46H,15-19H2,1-14H3/t20-,21-,22+,23-,24-,25+,26+,27-,28-,29+,30-,31-,32-,33-,35+,36-,37+,38-/m1/s1. The van der Waals surface area contributed by atoms with Gasteiger partial charge >= 0.3 is 5.97 Å². The smallest absolute Gasteiger partial charge is 0.311 e. The van der Waals surface area contributed by atoms with Crippen molar-refractivity contribution in [3.8, 4) is 0 Å². The molecule has 3 heterocycles. The molecule has 0 aliphatic carbocycles. The van der Waals surface area contributed by atoms with Crippen LogP contribution in [0.1, 0.15) is 94.9 Å². The van der Waals surface area contributed by atoms with Gasteiger partial charge in [0.05, 0.1) is 41.5 Å². The van der Waals surface area contributed by atoms with Crippen LogP contribution in [0, 0.1) is 17.8 Å². The molecule has 0 aromatic carbocycles. The van der Waals surface area contributed by atoms with Crippen LogP contribution >= 0.6 is 0 Å². The molecular formula is C38H72N2O12. The van der Waals surface area contributed by atoms with E-state index in [1.807, 2.05) is 51.7 Å². The molecule has 0 amide bonds. The van der Waals surface area contributed by atoms with Gasteiger partial charge in [-0.25, -0.2) is 0 Å². The van der Waals surface area contributed by atoms with E-state index in [1.165, 1.54) is 14.0 Å². The second-order valence-electron chi connectivity index (χ2n) is 17.2. The molecule has 3 aliphatic heterocycles. The lowest BCUT2D eigenvalue weighted by Crippen LogP contribution is -2.60.